The Balaban J connectivity index is 2.24. The van der Waals surface area contributed by atoms with E-state index in [-0.39, 0.29) is 6.61 Å². The van der Waals surface area contributed by atoms with Gasteiger partial charge < -0.3 is 14.6 Å². The number of aliphatic hydroxyl groups excluding tert-OH is 1. The molecule has 1 unspecified atom stereocenters. The van der Waals surface area contributed by atoms with E-state index in [1.54, 1.807) is 20.1 Å². The van der Waals surface area contributed by atoms with Crippen LogP contribution >= 0.6 is 0 Å². The number of hydrogen-bond donors (Lipinski definition) is 1. The maximum absolute atomic E-state index is 11.7. The van der Waals surface area contributed by atoms with Crippen molar-refractivity contribution < 1.29 is 19.4 Å². The van der Waals surface area contributed by atoms with E-state index in [9.17, 15) is 9.90 Å². The van der Waals surface area contributed by atoms with Crippen molar-refractivity contribution in [2.75, 3.05) is 13.7 Å². The lowest BCUT2D eigenvalue weighted by atomic mass is 9.78. The van der Waals surface area contributed by atoms with Crippen molar-refractivity contribution in [3.8, 4) is 5.75 Å². The Kier molecular flexibility index (Phi) is 5.83. The molecule has 1 fully saturated rings. The third-order valence-corrected chi connectivity index (χ3v) is 4.54. The Hall–Kier alpha value is -1.55. The molecule has 0 aromatic heterocycles. The number of rotatable bonds is 5. The van der Waals surface area contributed by atoms with Crippen LogP contribution in [0.2, 0.25) is 0 Å². The number of carbonyl (C=O) groups is 1. The Bertz CT molecular complexity index is 504. The van der Waals surface area contributed by atoms with E-state index in [0.29, 0.717) is 11.5 Å². The number of hydrogen-bond acceptors (Lipinski definition) is 4. The standard InChI is InChI=1S/C18H26O4/c1-4-22-18(20)17(19)14-9-10-16(21-3)15(11-14)13-7-5-12(2)6-8-13/h9-13,17,19H,4-8H2,1-3H3. The van der Waals surface area contributed by atoms with Gasteiger partial charge in [-0.2, -0.15) is 0 Å². The predicted molar refractivity (Wildman–Crippen MR) is 85.0 cm³/mol. The monoisotopic (exact) mass is 306 g/mol. The molecule has 122 valence electrons. The highest BCUT2D eigenvalue weighted by Crippen LogP contribution is 2.40. The van der Waals surface area contributed by atoms with Crippen molar-refractivity contribution in [3.05, 3.63) is 29.3 Å². The zero-order valence-corrected chi connectivity index (χ0v) is 13.7. The summed E-state index contributed by atoms with van der Waals surface area (Å²) in [5.74, 6) is 1.44. The van der Waals surface area contributed by atoms with Crippen molar-refractivity contribution in [1.29, 1.82) is 0 Å². The molecule has 0 spiro atoms. The highest BCUT2D eigenvalue weighted by atomic mass is 16.5. The minimum absolute atomic E-state index is 0.263. The predicted octanol–water partition coefficient (Wildman–Crippen LogP) is 3.59. The normalized spacial score (nSPS) is 22.9. The van der Waals surface area contributed by atoms with E-state index in [1.807, 2.05) is 12.1 Å². The second-order valence-electron chi connectivity index (χ2n) is 6.11. The molecule has 0 saturated heterocycles. The van der Waals surface area contributed by atoms with Crippen LogP contribution in [0.25, 0.3) is 0 Å². The van der Waals surface area contributed by atoms with Crippen LogP contribution in [-0.4, -0.2) is 24.8 Å². The van der Waals surface area contributed by atoms with Gasteiger partial charge in [-0.05, 0) is 54.9 Å². The third kappa shape index (κ3) is 3.80. The zero-order chi connectivity index (χ0) is 16.1. The van der Waals surface area contributed by atoms with Gasteiger partial charge in [0.05, 0.1) is 13.7 Å². The quantitative estimate of drug-likeness (QED) is 0.845. The number of benzene rings is 1. The summed E-state index contributed by atoms with van der Waals surface area (Å²) in [4.78, 5) is 11.7. The summed E-state index contributed by atoms with van der Waals surface area (Å²) in [6, 6.07) is 5.47. The number of aliphatic hydroxyl groups is 1. The number of carbonyl (C=O) groups excluding carboxylic acids is 1. The van der Waals surface area contributed by atoms with Gasteiger partial charge in [-0.3, -0.25) is 0 Å². The SMILES string of the molecule is CCOC(=O)C(O)c1ccc(OC)c(C2CCC(C)CC2)c1. The van der Waals surface area contributed by atoms with Gasteiger partial charge in [0.2, 0.25) is 0 Å². The highest BCUT2D eigenvalue weighted by molar-refractivity contribution is 5.76. The first-order valence-electron chi connectivity index (χ1n) is 8.09. The third-order valence-electron chi connectivity index (χ3n) is 4.54. The maximum atomic E-state index is 11.7. The molecule has 0 radical (unpaired) electrons. The molecule has 0 aliphatic heterocycles. The van der Waals surface area contributed by atoms with Gasteiger partial charge in [-0.1, -0.05) is 25.8 Å². The average molecular weight is 306 g/mol. The van der Waals surface area contributed by atoms with Gasteiger partial charge in [0.15, 0.2) is 6.10 Å². The molecule has 0 bridgehead atoms. The molecule has 4 heteroatoms. The van der Waals surface area contributed by atoms with Crippen molar-refractivity contribution in [2.45, 2.75) is 51.6 Å². The first kappa shape index (κ1) is 16.8. The first-order valence-corrected chi connectivity index (χ1v) is 8.09. The van der Waals surface area contributed by atoms with Gasteiger partial charge >= 0.3 is 5.97 Å². The van der Waals surface area contributed by atoms with Crippen molar-refractivity contribution in [2.24, 2.45) is 5.92 Å². The van der Waals surface area contributed by atoms with Crippen molar-refractivity contribution in [3.63, 3.8) is 0 Å². The summed E-state index contributed by atoms with van der Waals surface area (Å²) in [7, 11) is 1.66. The molecule has 1 atom stereocenters. The lowest BCUT2D eigenvalue weighted by Gasteiger charge is -2.28. The minimum Gasteiger partial charge on any atom is -0.496 e. The molecular weight excluding hydrogens is 280 g/mol. The van der Waals surface area contributed by atoms with Gasteiger partial charge in [0.1, 0.15) is 5.75 Å². The lowest BCUT2D eigenvalue weighted by Crippen LogP contribution is -2.17. The molecule has 1 aliphatic carbocycles. The van der Waals surface area contributed by atoms with Gasteiger partial charge in [-0.25, -0.2) is 4.79 Å². The van der Waals surface area contributed by atoms with Crippen LogP contribution in [0, 0.1) is 5.92 Å². The molecule has 0 amide bonds. The molecule has 4 nitrogen and oxygen atoms in total. The Morgan fingerprint density at radius 1 is 1.32 bits per heavy atom. The zero-order valence-electron chi connectivity index (χ0n) is 13.7. The van der Waals surface area contributed by atoms with Crippen molar-refractivity contribution in [1.82, 2.24) is 0 Å². The summed E-state index contributed by atoms with van der Waals surface area (Å²) < 4.78 is 10.4. The molecular formula is C18H26O4. The topological polar surface area (TPSA) is 55.8 Å². The number of methoxy groups -OCH3 is 1. The fourth-order valence-electron chi connectivity index (χ4n) is 3.17. The number of ether oxygens (including phenoxy) is 2. The van der Waals surface area contributed by atoms with E-state index in [4.69, 9.17) is 9.47 Å². The molecule has 1 aromatic rings. The average Bonchev–Trinajstić information content (AvgIpc) is 2.54. The molecule has 22 heavy (non-hydrogen) atoms. The van der Waals surface area contributed by atoms with E-state index in [2.05, 4.69) is 6.92 Å². The van der Waals surface area contributed by atoms with Crippen LogP contribution < -0.4 is 4.74 Å². The molecule has 1 aromatic carbocycles. The van der Waals surface area contributed by atoms with E-state index < -0.39 is 12.1 Å². The van der Waals surface area contributed by atoms with E-state index in [1.165, 1.54) is 12.8 Å². The van der Waals surface area contributed by atoms with Crippen LogP contribution in [0.5, 0.6) is 5.75 Å². The smallest absolute Gasteiger partial charge is 0.339 e. The lowest BCUT2D eigenvalue weighted by molar-refractivity contribution is -0.153. The van der Waals surface area contributed by atoms with E-state index in [0.717, 1.165) is 30.1 Å². The molecule has 1 saturated carbocycles. The Morgan fingerprint density at radius 2 is 2.00 bits per heavy atom. The van der Waals surface area contributed by atoms with Crippen LogP contribution in [-0.2, 0) is 9.53 Å². The summed E-state index contributed by atoms with van der Waals surface area (Å²) in [5.41, 5.74) is 1.67. The van der Waals surface area contributed by atoms with Crippen LogP contribution in [0.4, 0.5) is 0 Å². The minimum atomic E-state index is -1.23. The van der Waals surface area contributed by atoms with Crippen LogP contribution in [0.15, 0.2) is 18.2 Å². The molecule has 1 aliphatic rings. The summed E-state index contributed by atoms with van der Waals surface area (Å²) >= 11 is 0. The van der Waals surface area contributed by atoms with Gasteiger partial charge in [0.25, 0.3) is 0 Å². The highest BCUT2D eigenvalue weighted by Gasteiger charge is 2.25. The molecule has 2 rings (SSSR count). The second kappa shape index (κ2) is 7.63. The largest absolute Gasteiger partial charge is 0.496 e. The number of esters is 1. The van der Waals surface area contributed by atoms with Gasteiger partial charge in [-0.15, -0.1) is 0 Å². The van der Waals surface area contributed by atoms with Crippen LogP contribution in [0.1, 0.15) is 62.7 Å². The summed E-state index contributed by atoms with van der Waals surface area (Å²) in [6.45, 7) is 4.28. The first-order chi connectivity index (χ1) is 10.6. The van der Waals surface area contributed by atoms with Crippen LogP contribution in [0.3, 0.4) is 0 Å². The second-order valence-corrected chi connectivity index (χ2v) is 6.11. The fourth-order valence-corrected chi connectivity index (χ4v) is 3.17. The van der Waals surface area contributed by atoms with Gasteiger partial charge in [0, 0.05) is 0 Å². The molecule has 1 N–H and O–H groups in total. The molecule has 0 heterocycles. The maximum Gasteiger partial charge on any atom is 0.339 e. The van der Waals surface area contributed by atoms with E-state index >= 15 is 0 Å². The Morgan fingerprint density at radius 3 is 2.59 bits per heavy atom. The van der Waals surface area contributed by atoms with Crippen molar-refractivity contribution >= 4 is 5.97 Å². The summed E-state index contributed by atoms with van der Waals surface area (Å²) in [5, 5.41) is 10.1. The summed E-state index contributed by atoms with van der Waals surface area (Å²) in [6.07, 6.45) is 3.43. The fraction of sp³-hybridized carbons (Fsp3) is 0.611. The Labute approximate surface area is 132 Å².